The molecule has 1 amide bonds. The van der Waals surface area contributed by atoms with Gasteiger partial charge in [0.15, 0.2) is 5.82 Å². The average molecular weight is 277 g/mol. The Hall–Kier alpha value is -2.14. The van der Waals surface area contributed by atoms with Gasteiger partial charge in [-0.15, -0.1) is 0 Å². The van der Waals surface area contributed by atoms with Gasteiger partial charge in [0.2, 0.25) is 0 Å². The van der Waals surface area contributed by atoms with Gasteiger partial charge in [-0.2, -0.15) is 0 Å². The number of pyridine rings is 2. The van der Waals surface area contributed by atoms with E-state index in [-0.39, 0.29) is 5.91 Å². The van der Waals surface area contributed by atoms with Crippen LogP contribution in [0.5, 0.6) is 0 Å². The monoisotopic (exact) mass is 276 g/mol. The van der Waals surface area contributed by atoms with Crippen molar-refractivity contribution >= 4 is 29.0 Å². The van der Waals surface area contributed by atoms with Crippen LogP contribution in [0, 0.1) is 0 Å². The molecule has 19 heavy (non-hydrogen) atoms. The van der Waals surface area contributed by atoms with Crippen molar-refractivity contribution in [3.63, 3.8) is 0 Å². The van der Waals surface area contributed by atoms with Crippen LogP contribution in [0.3, 0.4) is 0 Å². The van der Waals surface area contributed by atoms with Crippen LogP contribution < -0.4 is 10.6 Å². The first kappa shape index (κ1) is 13.3. The molecule has 0 bridgehead atoms. The van der Waals surface area contributed by atoms with E-state index in [1.807, 2.05) is 6.92 Å². The first-order valence-corrected chi connectivity index (χ1v) is 6.20. The third kappa shape index (κ3) is 3.42. The molecule has 2 N–H and O–H groups in total. The van der Waals surface area contributed by atoms with Gasteiger partial charge in [-0.3, -0.25) is 4.79 Å². The molecule has 0 spiro atoms. The van der Waals surface area contributed by atoms with Crippen molar-refractivity contribution in [2.75, 3.05) is 17.2 Å². The number of aromatic nitrogens is 2. The number of amides is 1. The minimum absolute atomic E-state index is 0.309. The Morgan fingerprint density at radius 2 is 2.16 bits per heavy atom. The van der Waals surface area contributed by atoms with E-state index in [0.717, 1.165) is 12.2 Å². The Morgan fingerprint density at radius 3 is 2.79 bits per heavy atom. The van der Waals surface area contributed by atoms with Crippen molar-refractivity contribution in [1.82, 2.24) is 9.97 Å². The lowest BCUT2D eigenvalue weighted by Crippen LogP contribution is -2.15. The summed E-state index contributed by atoms with van der Waals surface area (Å²) in [5, 5.41) is 6.11. The average Bonchev–Trinajstić information content (AvgIpc) is 2.42. The number of nitrogens with zero attached hydrogens (tertiary/aromatic N) is 2. The van der Waals surface area contributed by atoms with Gasteiger partial charge in [0.25, 0.3) is 5.91 Å². The minimum atomic E-state index is -0.344. The van der Waals surface area contributed by atoms with Gasteiger partial charge in [-0.25, -0.2) is 9.97 Å². The number of halogens is 1. The molecule has 0 aliphatic rings. The molecule has 0 unspecified atom stereocenters. The SMILES string of the molecule is CCNc1ccc(C(=O)Nc2ncccc2Cl)nc1. The van der Waals surface area contributed by atoms with Crippen LogP contribution >= 0.6 is 11.6 Å². The standard InChI is InChI=1S/C13H13ClN4O/c1-2-15-9-5-6-11(17-8-9)13(19)18-12-10(14)4-3-7-16-12/h3-8,15H,2H2,1H3,(H,16,18,19). The molecule has 6 heteroatoms. The lowest BCUT2D eigenvalue weighted by molar-refractivity contribution is 0.102. The highest BCUT2D eigenvalue weighted by Gasteiger charge is 2.10. The second kappa shape index (κ2) is 6.15. The number of hydrogen-bond acceptors (Lipinski definition) is 4. The zero-order chi connectivity index (χ0) is 13.7. The molecule has 0 aliphatic carbocycles. The van der Waals surface area contributed by atoms with Crippen molar-refractivity contribution < 1.29 is 4.79 Å². The smallest absolute Gasteiger partial charge is 0.275 e. The third-order valence-electron chi connectivity index (χ3n) is 2.37. The van der Waals surface area contributed by atoms with E-state index < -0.39 is 0 Å². The fraction of sp³-hybridized carbons (Fsp3) is 0.154. The van der Waals surface area contributed by atoms with Crippen molar-refractivity contribution in [1.29, 1.82) is 0 Å². The maximum Gasteiger partial charge on any atom is 0.275 e. The molecule has 98 valence electrons. The van der Waals surface area contributed by atoms with Crippen molar-refractivity contribution in [3.8, 4) is 0 Å². The molecule has 0 atom stereocenters. The molecule has 2 heterocycles. The zero-order valence-electron chi connectivity index (χ0n) is 10.4. The van der Waals surface area contributed by atoms with Gasteiger partial charge in [0.05, 0.1) is 16.9 Å². The normalized spacial score (nSPS) is 10.0. The van der Waals surface area contributed by atoms with Crippen LogP contribution in [-0.4, -0.2) is 22.4 Å². The van der Waals surface area contributed by atoms with Gasteiger partial charge in [-0.05, 0) is 31.2 Å². The quantitative estimate of drug-likeness (QED) is 0.901. The van der Waals surface area contributed by atoms with Crippen LogP contribution in [0.15, 0.2) is 36.7 Å². The molecule has 2 aromatic heterocycles. The molecule has 0 aliphatic heterocycles. The summed E-state index contributed by atoms with van der Waals surface area (Å²) in [4.78, 5) is 20.0. The van der Waals surface area contributed by atoms with Gasteiger partial charge in [0, 0.05) is 12.7 Å². The Bertz CT molecular complexity index is 571. The lowest BCUT2D eigenvalue weighted by Gasteiger charge is -2.06. The summed E-state index contributed by atoms with van der Waals surface area (Å²) in [5.74, 6) is -0.0182. The van der Waals surface area contributed by atoms with Crippen LogP contribution in [-0.2, 0) is 0 Å². The van der Waals surface area contributed by atoms with E-state index in [0.29, 0.717) is 16.5 Å². The molecule has 5 nitrogen and oxygen atoms in total. The summed E-state index contributed by atoms with van der Waals surface area (Å²) < 4.78 is 0. The topological polar surface area (TPSA) is 66.9 Å². The van der Waals surface area contributed by atoms with E-state index in [9.17, 15) is 4.79 Å². The molecule has 0 aromatic carbocycles. The fourth-order valence-corrected chi connectivity index (χ4v) is 1.65. The zero-order valence-corrected chi connectivity index (χ0v) is 11.1. The molecular formula is C13H13ClN4O. The summed E-state index contributed by atoms with van der Waals surface area (Å²) >= 11 is 5.91. The number of nitrogens with one attached hydrogen (secondary N) is 2. The lowest BCUT2D eigenvalue weighted by atomic mass is 10.3. The van der Waals surface area contributed by atoms with Gasteiger partial charge >= 0.3 is 0 Å². The maximum absolute atomic E-state index is 11.9. The highest BCUT2D eigenvalue weighted by atomic mass is 35.5. The number of hydrogen-bond donors (Lipinski definition) is 2. The molecule has 0 saturated heterocycles. The molecule has 2 aromatic rings. The molecule has 2 rings (SSSR count). The minimum Gasteiger partial charge on any atom is -0.384 e. The number of anilines is 2. The third-order valence-corrected chi connectivity index (χ3v) is 2.67. The summed E-state index contributed by atoms with van der Waals surface area (Å²) in [6, 6.07) is 6.79. The second-order valence-corrected chi connectivity index (χ2v) is 4.16. The largest absolute Gasteiger partial charge is 0.384 e. The first-order chi connectivity index (χ1) is 9.20. The molecular weight excluding hydrogens is 264 g/mol. The summed E-state index contributed by atoms with van der Waals surface area (Å²) in [5.41, 5.74) is 1.18. The van der Waals surface area contributed by atoms with Gasteiger partial charge < -0.3 is 10.6 Å². The van der Waals surface area contributed by atoms with Crippen LogP contribution in [0.4, 0.5) is 11.5 Å². The van der Waals surface area contributed by atoms with E-state index in [2.05, 4.69) is 20.6 Å². The maximum atomic E-state index is 11.9. The predicted octanol–water partition coefficient (Wildman–Crippen LogP) is 2.81. The Balaban J connectivity index is 2.10. The summed E-state index contributed by atoms with van der Waals surface area (Å²) in [6.45, 7) is 2.79. The van der Waals surface area contributed by atoms with Crippen molar-refractivity contribution in [2.24, 2.45) is 0 Å². The van der Waals surface area contributed by atoms with Crippen molar-refractivity contribution in [2.45, 2.75) is 6.92 Å². The van der Waals surface area contributed by atoms with E-state index in [1.165, 1.54) is 0 Å². The van der Waals surface area contributed by atoms with Crippen LogP contribution in [0.2, 0.25) is 5.02 Å². The van der Waals surface area contributed by atoms with E-state index in [4.69, 9.17) is 11.6 Å². The van der Waals surface area contributed by atoms with E-state index >= 15 is 0 Å². The molecule has 0 fully saturated rings. The van der Waals surface area contributed by atoms with Gasteiger partial charge in [-0.1, -0.05) is 11.6 Å². The highest BCUT2D eigenvalue weighted by molar-refractivity contribution is 6.33. The Kier molecular flexibility index (Phi) is 4.30. The highest BCUT2D eigenvalue weighted by Crippen LogP contribution is 2.18. The number of rotatable bonds is 4. The van der Waals surface area contributed by atoms with Gasteiger partial charge in [0.1, 0.15) is 5.69 Å². The Labute approximate surface area is 116 Å². The van der Waals surface area contributed by atoms with E-state index in [1.54, 1.807) is 36.7 Å². The number of carbonyl (C=O) groups excluding carboxylic acids is 1. The Morgan fingerprint density at radius 1 is 1.32 bits per heavy atom. The van der Waals surface area contributed by atoms with Crippen LogP contribution in [0.1, 0.15) is 17.4 Å². The van der Waals surface area contributed by atoms with Crippen molar-refractivity contribution in [3.05, 3.63) is 47.4 Å². The fourth-order valence-electron chi connectivity index (χ4n) is 1.49. The first-order valence-electron chi connectivity index (χ1n) is 5.82. The number of carbonyl (C=O) groups is 1. The summed E-state index contributed by atoms with van der Waals surface area (Å²) in [6.07, 6.45) is 3.17. The molecule has 0 saturated carbocycles. The summed E-state index contributed by atoms with van der Waals surface area (Å²) in [7, 11) is 0. The second-order valence-electron chi connectivity index (χ2n) is 3.75. The van der Waals surface area contributed by atoms with Crippen LogP contribution in [0.25, 0.3) is 0 Å². The predicted molar refractivity (Wildman–Crippen MR) is 75.6 cm³/mol. The molecule has 0 radical (unpaired) electrons.